The van der Waals surface area contributed by atoms with E-state index in [0.29, 0.717) is 15.7 Å². The molecule has 1 aromatic carbocycles. The number of nitrogens with zero attached hydrogens (tertiary/aromatic N) is 1. The van der Waals surface area contributed by atoms with Gasteiger partial charge in [-0.3, -0.25) is 14.5 Å². The van der Waals surface area contributed by atoms with Gasteiger partial charge >= 0.3 is 0 Å². The van der Waals surface area contributed by atoms with Crippen LogP contribution in [0.4, 0.5) is 0 Å². The van der Waals surface area contributed by atoms with Crippen molar-refractivity contribution in [2.24, 2.45) is 0 Å². The van der Waals surface area contributed by atoms with Crippen LogP contribution in [0.15, 0.2) is 47.8 Å². The second kappa shape index (κ2) is 7.27. The molecular formula is C18H18N2O2S3. The number of thiocarbonyl (C=S) groups is 1. The maximum atomic E-state index is 13.1. The van der Waals surface area contributed by atoms with Crippen molar-refractivity contribution in [3.05, 3.63) is 58.3 Å². The quantitative estimate of drug-likeness (QED) is 0.809. The van der Waals surface area contributed by atoms with E-state index in [4.69, 9.17) is 12.2 Å². The van der Waals surface area contributed by atoms with E-state index in [1.165, 1.54) is 23.1 Å². The Kier molecular flexibility index (Phi) is 5.27. The Hall–Kier alpha value is -1.70. The highest BCUT2D eigenvalue weighted by Gasteiger charge is 2.46. The van der Waals surface area contributed by atoms with Gasteiger partial charge in [0, 0.05) is 4.75 Å². The van der Waals surface area contributed by atoms with E-state index in [0.717, 1.165) is 5.56 Å². The molecule has 0 radical (unpaired) electrons. The van der Waals surface area contributed by atoms with Gasteiger partial charge in [-0.1, -0.05) is 60.4 Å². The highest BCUT2D eigenvalue weighted by Crippen LogP contribution is 2.37. The largest absolute Gasteiger partial charge is 0.338 e. The van der Waals surface area contributed by atoms with Crippen LogP contribution < -0.4 is 5.32 Å². The highest BCUT2D eigenvalue weighted by atomic mass is 32.2. The monoisotopic (exact) mass is 390 g/mol. The minimum Gasteiger partial charge on any atom is -0.338 e. The van der Waals surface area contributed by atoms with Crippen molar-refractivity contribution < 1.29 is 9.59 Å². The maximum Gasteiger partial charge on any atom is 0.262 e. The molecule has 0 aliphatic carbocycles. The lowest BCUT2D eigenvalue weighted by atomic mass is 10.0. The van der Waals surface area contributed by atoms with Gasteiger partial charge in [0.15, 0.2) is 0 Å². The topological polar surface area (TPSA) is 49.4 Å². The highest BCUT2D eigenvalue weighted by molar-refractivity contribution is 8.24. The summed E-state index contributed by atoms with van der Waals surface area (Å²) in [6.07, 6.45) is 0. The van der Waals surface area contributed by atoms with Gasteiger partial charge in [-0.05, 0) is 30.9 Å². The maximum absolute atomic E-state index is 13.1. The van der Waals surface area contributed by atoms with Crippen molar-refractivity contribution in [2.75, 3.05) is 0 Å². The average molecular weight is 391 g/mol. The lowest BCUT2D eigenvalue weighted by Gasteiger charge is -2.42. The van der Waals surface area contributed by atoms with Crippen LogP contribution in [-0.2, 0) is 11.3 Å². The number of hydrogen-bond donors (Lipinski definition) is 1. The summed E-state index contributed by atoms with van der Waals surface area (Å²) in [5.74, 6) is -0.392. The first-order valence-electron chi connectivity index (χ1n) is 7.81. The number of carbonyl (C=O) groups is 2. The second-order valence-corrected chi connectivity index (χ2v) is 9.50. The van der Waals surface area contributed by atoms with Crippen LogP contribution in [0.3, 0.4) is 0 Å². The van der Waals surface area contributed by atoms with Gasteiger partial charge in [-0.2, -0.15) is 0 Å². The number of thiophene rings is 1. The summed E-state index contributed by atoms with van der Waals surface area (Å²) in [6.45, 7) is 4.27. The van der Waals surface area contributed by atoms with Gasteiger partial charge in [0.05, 0.1) is 11.4 Å². The minimum atomic E-state index is -0.637. The second-order valence-electron chi connectivity index (χ2n) is 6.27. The van der Waals surface area contributed by atoms with Gasteiger partial charge in [-0.25, -0.2) is 0 Å². The summed E-state index contributed by atoms with van der Waals surface area (Å²) < 4.78 is 0.0364. The van der Waals surface area contributed by atoms with Crippen LogP contribution in [0.25, 0.3) is 0 Å². The van der Waals surface area contributed by atoms with Crippen molar-refractivity contribution in [1.29, 1.82) is 0 Å². The van der Waals surface area contributed by atoms with Crippen molar-refractivity contribution >= 4 is 51.5 Å². The molecule has 1 fully saturated rings. The van der Waals surface area contributed by atoms with Crippen LogP contribution in [0.5, 0.6) is 0 Å². The van der Waals surface area contributed by atoms with E-state index < -0.39 is 10.8 Å². The van der Waals surface area contributed by atoms with Gasteiger partial charge in [-0.15, -0.1) is 11.3 Å². The summed E-state index contributed by atoms with van der Waals surface area (Å²) >= 11 is 8.26. The molecule has 2 aromatic rings. The van der Waals surface area contributed by atoms with Crippen LogP contribution in [0.2, 0.25) is 0 Å². The summed E-state index contributed by atoms with van der Waals surface area (Å²) in [7, 11) is 0. The third-order valence-electron chi connectivity index (χ3n) is 3.98. The molecule has 130 valence electrons. The minimum absolute atomic E-state index is 0.164. The molecule has 2 heterocycles. The van der Waals surface area contributed by atoms with Gasteiger partial charge in [0.2, 0.25) is 0 Å². The molecule has 1 saturated heterocycles. The molecule has 2 amide bonds. The lowest BCUT2D eigenvalue weighted by molar-refractivity contribution is -0.130. The number of rotatable bonds is 4. The smallest absolute Gasteiger partial charge is 0.262 e. The number of thioether (sulfide) groups is 1. The third-order valence-corrected chi connectivity index (χ3v) is 6.48. The molecule has 0 saturated carbocycles. The molecule has 1 aromatic heterocycles. The Morgan fingerprint density at radius 3 is 2.60 bits per heavy atom. The molecule has 25 heavy (non-hydrogen) atoms. The normalized spacial score (nSPS) is 19.8. The molecule has 3 rings (SSSR count). The number of amides is 2. The Labute approximate surface area is 160 Å². The lowest BCUT2D eigenvalue weighted by Crippen LogP contribution is -2.61. The standard InChI is InChI=1S/C18H18N2O2S3/c1-18(2)14(19-15(21)13-9-6-10-24-13)16(22)20(17(23)25-18)11-12-7-4-3-5-8-12/h3-10,14H,11H2,1-2H3,(H,19,21). The van der Waals surface area contributed by atoms with Crippen molar-refractivity contribution in [3.8, 4) is 0 Å². The third kappa shape index (κ3) is 3.94. The van der Waals surface area contributed by atoms with E-state index in [9.17, 15) is 9.59 Å². The zero-order valence-electron chi connectivity index (χ0n) is 13.9. The van der Waals surface area contributed by atoms with E-state index in [1.54, 1.807) is 11.0 Å². The molecular weight excluding hydrogens is 372 g/mol. The summed E-state index contributed by atoms with van der Waals surface area (Å²) in [4.78, 5) is 27.7. The predicted octanol–water partition coefficient (Wildman–Crippen LogP) is 3.69. The van der Waals surface area contributed by atoms with Gasteiger partial charge in [0.25, 0.3) is 11.8 Å². The van der Waals surface area contributed by atoms with Crippen LogP contribution in [0, 0.1) is 0 Å². The SMILES string of the molecule is CC1(C)SC(=S)N(Cc2ccccc2)C(=O)C1NC(=O)c1cccs1. The van der Waals surface area contributed by atoms with E-state index >= 15 is 0 Å². The molecule has 1 aliphatic rings. The Bertz CT molecular complexity index is 788. The first-order valence-corrected chi connectivity index (χ1v) is 9.91. The Balaban J connectivity index is 1.82. The zero-order chi connectivity index (χ0) is 18.0. The van der Waals surface area contributed by atoms with E-state index in [1.807, 2.05) is 55.6 Å². The van der Waals surface area contributed by atoms with Crippen LogP contribution >= 0.6 is 35.3 Å². The predicted molar refractivity (Wildman–Crippen MR) is 107 cm³/mol. The summed E-state index contributed by atoms with van der Waals surface area (Å²) in [5.41, 5.74) is 1.00. The van der Waals surface area contributed by atoms with E-state index in [2.05, 4.69) is 5.32 Å². The number of hydrogen-bond acceptors (Lipinski definition) is 5. The van der Waals surface area contributed by atoms with Gasteiger partial charge in [0.1, 0.15) is 10.4 Å². The van der Waals surface area contributed by atoms with Crippen LogP contribution in [0.1, 0.15) is 29.1 Å². The molecule has 1 N–H and O–H groups in total. The van der Waals surface area contributed by atoms with Crippen molar-refractivity contribution in [3.63, 3.8) is 0 Å². The van der Waals surface area contributed by atoms with Crippen molar-refractivity contribution in [1.82, 2.24) is 10.2 Å². The Morgan fingerprint density at radius 1 is 1.24 bits per heavy atom. The van der Waals surface area contributed by atoms with E-state index in [-0.39, 0.29) is 11.8 Å². The molecule has 4 nitrogen and oxygen atoms in total. The Morgan fingerprint density at radius 2 is 1.96 bits per heavy atom. The van der Waals surface area contributed by atoms with Crippen LogP contribution in [-0.4, -0.2) is 31.8 Å². The fourth-order valence-corrected chi connectivity index (χ4v) is 5.05. The first kappa shape index (κ1) is 18.1. The molecule has 7 heteroatoms. The molecule has 0 spiro atoms. The molecule has 1 aliphatic heterocycles. The summed E-state index contributed by atoms with van der Waals surface area (Å²) in [5, 5.41) is 4.74. The number of nitrogens with one attached hydrogen (secondary N) is 1. The number of carbonyl (C=O) groups excluding carboxylic acids is 2. The molecule has 0 bridgehead atoms. The van der Waals surface area contributed by atoms with Gasteiger partial charge < -0.3 is 5.32 Å². The molecule has 1 atom stereocenters. The average Bonchev–Trinajstić information content (AvgIpc) is 3.10. The number of benzene rings is 1. The first-order chi connectivity index (χ1) is 11.9. The van der Waals surface area contributed by atoms with Crippen molar-refractivity contribution in [2.45, 2.75) is 31.2 Å². The molecule has 1 unspecified atom stereocenters. The fraction of sp³-hybridized carbons (Fsp3) is 0.278. The summed E-state index contributed by atoms with van der Waals surface area (Å²) in [6, 6.07) is 12.6. The fourth-order valence-electron chi connectivity index (χ4n) is 2.64. The zero-order valence-corrected chi connectivity index (χ0v) is 16.3.